The van der Waals surface area contributed by atoms with Gasteiger partial charge in [-0.3, -0.25) is 0 Å². The van der Waals surface area contributed by atoms with E-state index in [1.807, 2.05) is 24.3 Å². The maximum Gasteiger partial charge on any atom is 0.115 e. The van der Waals surface area contributed by atoms with E-state index in [9.17, 15) is 10.2 Å². The zero-order chi connectivity index (χ0) is 18.3. The molecule has 2 nitrogen and oxygen atoms in total. The van der Waals surface area contributed by atoms with Crippen molar-refractivity contribution in [2.75, 3.05) is 0 Å². The predicted molar refractivity (Wildman–Crippen MR) is 105 cm³/mol. The zero-order valence-electron chi connectivity index (χ0n) is 15.8. The van der Waals surface area contributed by atoms with Crippen molar-refractivity contribution in [3.05, 3.63) is 59.7 Å². The Morgan fingerprint density at radius 1 is 0.760 bits per heavy atom. The van der Waals surface area contributed by atoms with Gasteiger partial charge in [-0.1, -0.05) is 64.3 Å². The van der Waals surface area contributed by atoms with Crippen LogP contribution in [0.3, 0.4) is 0 Å². The van der Waals surface area contributed by atoms with Gasteiger partial charge in [-0.05, 0) is 60.1 Å². The third-order valence-corrected chi connectivity index (χ3v) is 5.14. The summed E-state index contributed by atoms with van der Waals surface area (Å²) in [5.74, 6) is 0.894. The van der Waals surface area contributed by atoms with Crippen molar-refractivity contribution in [2.45, 2.75) is 65.2 Å². The molecule has 0 radical (unpaired) electrons. The molecule has 0 aliphatic heterocycles. The first-order valence-corrected chi connectivity index (χ1v) is 9.49. The van der Waals surface area contributed by atoms with E-state index in [0.29, 0.717) is 22.8 Å². The highest BCUT2D eigenvalue weighted by molar-refractivity contribution is 5.37. The van der Waals surface area contributed by atoms with Gasteiger partial charge in [-0.25, -0.2) is 0 Å². The van der Waals surface area contributed by atoms with Gasteiger partial charge in [0.25, 0.3) is 0 Å². The molecular weight excluding hydrogens is 308 g/mol. The van der Waals surface area contributed by atoms with Gasteiger partial charge in [0, 0.05) is 5.92 Å². The Morgan fingerprint density at radius 3 is 1.64 bits per heavy atom. The second kappa shape index (κ2) is 8.94. The topological polar surface area (TPSA) is 40.5 Å². The fourth-order valence-electron chi connectivity index (χ4n) is 3.50. The van der Waals surface area contributed by atoms with E-state index >= 15 is 0 Å². The predicted octanol–water partition coefficient (Wildman–Crippen LogP) is 6.62. The summed E-state index contributed by atoms with van der Waals surface area (Å²) in [5, 5.41) is 19.2. The molecule has 2 rings (SSSR count). The van der Waals surface area contributed by atoms with Gasteiger partial charge >= 0.3 is 0 Å². The van der Waals surface area contributed by atoms with E-state index in [1.165, 1.54) is 43.2 Å². The number of rotatable bonds is 9. The normalized spacial score (nSPS) is 11.8. The summed E-state index contributed by atoms with van der Waals surface area (Å²) in [5.41, 5.74) is 2.83. The third-order valence-electron chi connectivity index (χ3n) is 5.14. The summed E-state index contributed by atoms with van der Waals surface area (Å²) in [6.07, 6.45) is 7.31. The number of phenols is 2. The monoisotopic (exact) mass is 340 g/mol. The number of aromatic hydroxyl groups is 2. The number of phenolic OH excluding ortho intramolecular Hbond substituents is 2. The zero-order valence-corrected chi connectivity index (χ0v) is 15.8. The average molecular weight is 341 g/mol. The van der Waals surface area contributed by atoms with Crippen LogP contribution >= 0.6 is 0 Å². The molecule has 2 aromatic rings. The largest absolute Gasteiger partial charge is 0.508 e. The molecular formula is C23H32O2. The van der Waals surface area contributed by atoms with Crippen LogP contribution in [0.1, 0.15) is 76.3 Å². The molecule has 0 aromatic heterocycles. The first-order valence-electron chi connectivity index (χ1n) is 9.49. The third kappa shape index (κ3) is 6.12. The number of unbranched alkanes of at least 4 members (excludes halogenated alkanes) is 1. The number of hydrogen-bond donors (Lipinski definition) is 2. The Labute approximate surface area is 152 Å². The molecule has 0 aliphatic carbocycles. The first-order chi connectivity index (χ1) is 11.9. The standard InChI is InChI=1S/C23H32O2/c1-4-5-16-23(2,3)17-6-7-22(18-8-12-20(24)13-9-18)19-10-14-21(25)15-11-19/h8-15,22,24-25H,4-7,16-17H2,1-3H3. The smallest absolute Gasteiger partial charge is 0.115 e. The molecule has 25 heavy (non-hydrogen) atoms. The van der Waals surface area contributed by atoms with Crippen molar-refractivity contribution < 1.29 is 10.2 Å². The second-order valence-electron chi connectivity index (χ2n) is 7.90. The van der Waals surface area contributed by atoms with Crippen LogP contribution < -0.4 is 0 Å². The molecule has 2 heteroatoms. The minimum absolute atomic E-state index is 0.295. The summed E-state index contributed by atoms with van der Waals surface area (Å²) in [6.45, 7) is 7.00. The van der Waals surface area contributed by atoms with Crippen LogP contribution in [0.4, 0.5) is 0 Å². The van der Waals surface area contributed by atoms with Crippen molar-refractivity contribution in [2.24, 2.45) is 5.41 Å². The summed E-state index contributed by atoms with van der Waals surface area (Å²) >= 11 is 0. The Morgan fingerprint density at radius 2 is 1.20 bits per heavy atom. The molecule has 0 fully saturated rings. The van der Waals surface area contributed by atoms with Crippen LogP contribution in [0.25, 0.3) is 0 Å². The Balaban J connectivity index is 2.09. The lowest BCUT2D eigenvalue weighted by Crippen LogP contribution is -2.12. The van der Waals surface area contributed by atoms with Gasteiger partial charge in [0.05, 0.1) is 0 Å². The Hall–Kier alpha value is -1.96. The van der Waals surface area contributed by atoms with E-state index in [0.717, 1.165) is 6.42 Å². The number of hydrogen-bond acceptors (Lipinski definition) is 2. The van der Waals surface area contributed by atoms with Crippen LogP contribution in [0, 0.1) is 5.41 Å². The minimum Gasteiger partial charge on any atom is -0.508 e. The van der Waals surface area contributed by atoms with Gasteiger partial charge < -0.3 is 10.2 Å². The molecule has 0 atom stereocenters. The highest BCUT2D eigenvalue weighted by Crippen LogP contribution is 2.35. The first kappa shape index (κ1) is 19.4. The van der Waals surface area contributed by atoms with Gasteiger partial charge in [0.15, 0.2) is 0 Å². The lowest BCUT2D eigenvalue weighted by molar-refractivity contribution is 0.285. The van der Waals surface area contributed by atoms with Crippen molar-refractivity contribution in [1.29, 1.82) is 0 Å². The lowest BCUT2D eigenvalue weighted by atomic mass is 9.79. The molecule has 2 aromatic carbocycles. The van der Waals surface area contributed by atoms with Crippen LogP contribution in [0.15, 0.2) is 48.5 Å². The molecule has 0 heterocycles. The van der Waals surface area contributed by atoms with Crippen LogP contribution in [-0.2, 0) is 0 Å². The second-order valence-corrected chi connectivity index (χ2v) is 7.90. The van der Waals surface area contributed by atoms with Gasteiger partial charge in [-0.15, -0.1) is 0 Å². The molecule has 0 aliphatic rings. The summed E-state index contributed by atoms with van der Waals surface area (Å²) in [4.78, 5) is 0. The fraction of sp³-hybridized carbons (Fsp3) is 0.478. The fourth-order valence-corrected chi connectivity index (χ4v) is 3.50. The van der Waals surface area contributed by atoms with Gasteiger partial charge in [0.1, 0.15) is 11.5 Å². The summed E-state index contributed by atoms with van der Waals surface area (Å²) < 4.78 is 0. The highest BCUT2D eigenvalue weighted by Gasteiger charge is 2.19. The van der Waals surface area contributed by atoms with Crippen molar-refractivity contribution in [3.8, 4) is 11.5 Å². The van der Waals surface area contributed by atoms with Crippen LogP contribution in [-0.4, -0.2) is 10.2 Å². The SMILES string of the molecule is CCCCC(C)(C)CCCC(c1ccc(O)cc1)c1ccc(O)cc1. The van der Waals surface area contributed by atoms with E-state index in [1.54, 1.807) is 24.3 Å². The van der Waals surface area contributed by atoms with Gasteiger partial charge in [-0.2, -0.15) is 0 Å². The molecule has 0 saturated carbocycles. The van der Waals surface area contributed by atoms with E-state index in [-0.39, 0.29) is 0 Å². The van der Waals surface area contributed by atoms with E-state index < -0.39 is 0 Å². The molecule has 2 N–H and O–H groups in total. The molecule has 0 spiro atoms. The highest BCUT2D eigenvalue weighted by atomic mass is 16.3. The average Bonchev–Trinajstić information content (AvgIpc) is 2.59. The molecule has 0 bridgehead atoms. The van der Waals surface area contributed by atoms with Crippen LogP contribution in [0.2, 0.25) is 0 Å². The van der Waals surface area contributed by atoms with Crippen molar-refractivity contribution in [3.63, 3.8) is 0 Å². The summed E-state index contributed by atoms with van der Waals surface area (Å²) in [6, 6.07) is 15.1. The lowest BCUT2D eigenvalue weighted by Gasteiger charge is -2.26. The Bertz CT molecular complexity index is 581. The van der Waals surface area contributed by atoms with Crippen molar-refractivity contribution >= 4 is 0 Å². The van der Waals surface area contributed by atoms with E-state index in [2.05, 4.69) is 20.8 Å². The van der Waals surface area contributed by atoms with Crippen LogP contribution in [0.5, 0.6) is 11.5 Å². The number of benzene rings is 2. The van der Waals surface area contributed by atoms with E-state index in [4.69, 9.17) is 0 Å². The molecule has 136 valence electrons. The Kier molecular flexibility index (Phi) is 6.92. The van der Waals surface area contributed by atoms with Crippen molar-refractivity contribution in [1.82, 2.24) is 0 Å². The summed E-state index contributed by atoms with van der Waals surface area (Å²) in [7, 11) is 0. The molecule has 0 amide bonds. The molecule has 0 unspecified atom stereocenters. The maximum atomic E-state index is 9.58. The maximum absolute atomic E-state index is 9.58. The minimum atomic E-state index is 0.295. The quantitative estimate of drug-likeness (QED) is 0.538. The van der Waals surface area contributed by atoms with Gasteiger partial charge in [0.2, 0.25) is 0 Å². The molecule has 0 saturated heterocycles.